The van der Waals surface area contributed by atoms with E-state index >= 15 is 0 Å². The number of aromatic nitrogens is 3. The average Bonchev–Trinajstić information content (AvgIpc) is 2.92. The summed E-state index contributed by atoms with van der Waals surface area (Å²) in [6.45, 7) is 4.82. The molecule has 0 spiro atoms. The Labute approximate surface area is 117 Å². The van der Waals surface area contributed by atoms with Crippen molar-refractivity contribution in [2.75, 3.05) is 17.2 Å². The number of anilines is 3. The van der Waals surface area contributed by atoms with Crippen LogP contribution >= 0.6 is 0 Å². The third kappa shape index (κ3) is 2.30. The largest absolute Gasteiger partial charge is 0.361 e. The van der Waals surface area contributed by atoms with Crippen molar-refractivity contribution in [3.8, 4) is 0 Å². The van der Waals surface area contributed by atoms with Crippen LogP contribution in [0.3, 0.4) is 0 Å². The second-order valence-electron chi connectivity index (χ2n) is 4.63. The molecule has 0 radical (unpaired) electrons. The monoisotopic (exact) mass is 267 g/mol. The molecule has 1 aromatic carbocycles. The van der Waals surface area contributed by atoms with Gasteiger partial charge in [-0.1, -0.05) is 6.07 Å². The Balaban J connectivity index is 1.98. The van der Waals surface area contributed by atoms with E-state index in [1.54, 1.807) is 0 Å². The van der Waals surface area contributed by atoms with Crippen LogP contribution < -0.4 is 10.6 Å². The number of nitrogens with one attached hydrogen (secondary N) is 3. The van der Waals surface area contributed by atoms with Gasteiger partial charge in [0.05, 0.1) is 0 Å². The average molecular weight is 267 g/mol. The van der Waals surface area contributed by atoms with Crippen LogP contribution in [0.4, 0.5) is 17.5 Å². The third-order valence-corrected chi connectivity index (χ3v) is 3.15. The molecular formula is C15H17N5. The fraction of sp³-hybridized carbons (Fsp3) is 0.200. The molecule has 20 heavy (non-hydrogen) atoms. The maximum absolute atomic E-state index is 4.50. The first kappa shape index (κ1) is 12.5. The van der Waals surface area contributed by atoms with Crippen molar-refractivity contribution in [3.05, 3.63) is 42.2 Å². The lowest BCUT2D eigenvalue weighted by atomic mass is 10.2. The summed E-state index contributed by atoms with van der Waals surface area (Å²) in [4.78, 5) is 12.0. The fourth-order valence-electron chi connectivity index (χ4n) is 2.13. The lowest BCUT2D eigenvalue weighted by Gasteiger charge is -2.11. The normalized spacial score (nSPS) is 10.7. The van der Waals surface area contributed by atoms with Gasteiger partial charge in [0.25, 0.3) is 0 Å². The summed E-state index contributed by atoms with van der Waals surface area (Å²) >= 11 is 0. The zero-order chi connectivity index (χ0) is 13.9. The Morgan fingerprint density at radius 3 is 3.00 bits per heavy atom. The first-order valence-corrected chi connectivity index (χ1v) is 6.68. The summed E-state index contributed by atoms with van der Waals surface area (Å²) in [7, 11) is 0. The molecule has 0 fully saturated rings. The molecule has 2 aromatic heterocycles. The first-order valence-electron chi connectivity index (χ1n) is 6.68. The summed E-state index contributed by atoms with van der Waals surface area (Å²) in [6.07, 6.45) is 3.76. The van der Waals surface area contributed by atoms with E-state index in [4.69, 9.17) is 0 Å². The standard InChI is InChI=1S/C15H17N5/c1-3-16-15-18-9-10(2)14(20-15)19-13-6-4-5-12-11(13)7-8-17-12/h4-9,17H,3H2,1-2H3,(H2,16,18,19,20). The number of nitrogens with zero attached hydrogens (tertiary/aromatic N) is 2. The molecule has 0 aliphatic rings. The van der Waals surface area contributed by atoms with E-state index in [1.165, 1.54) is 0 Å². The maximum Gasteiger partial charge on any atom is 0.224 e. The van der Waals surface area contributed by atoms with E-state index in [0.29, 0.717) is 5.95 Å². The maximum atomic E-state index is 4.50. The summed E-state index contributed by atoms with van der Waals surface area (Å²) in [5.41, 5.74) is 3.15. The molecule has 0 atom stereocenters. The van der Waals surface area contributed by atoms with Crippen LogP contribution in [-0.4, -0.2) is 21.5 Å². The first-order chi connectivity index (χ1) is 9.78. The van der Waals surface area contributed by atoms with Crippen molar-refractivity contribution >= 4 is 28.4 Å². The van der Waals surface area contributed by atoms with Crippen molar-refractivity contribution in [2.24, 2.45) is 0 Å². The molecule has 0 aliphatic carbocycles. The molecule has 3 aromatic rings. The highest BCUT2D eigenvalue weighted by Gasteiger charge is 2.06. The van der Waals surface area contributed by atoms with E-state index in [-0.39, 0.29) is 0 Å². The molecule has 3 rings (SSSR count). The van der Waals surface area contributed by atoms with Gasteiger partial charge >= 0.3 is 0 Å². The van der Waals surface area contributed by atoms with Gasteiger partial charge in [0, 0.05) is 41.1 Å². The summed E-state index contributed by atoms with van der Waals surface area (Å²) in [5, 5.41) is 7.66. The minimum atomic E-state index is 0.641. The number of aryl methyl sites for hydroxylation is 1. The van der Waals surface area contributed by atoms with E-state index < -0.39 is 0 Å². The molecule has 0 saturated carbocycles. The van der Waals surface area contributed by atoms with Crippen molar-refractivity contribution in [1.29, 1.82) is 0 Å². The Hall–Kier alpha value is -2.56. The van der Waals surface area contributed by atoms with Crippen LogP contribution in [0.2, 0.25) is 0 Å². The molecule has 3 N–H and O–H groups in total. The zero-order valence-corrected chi connectivity index (χ0v) is 11.6. The highest BCUT2D eigenvalue weighted by molar-refractivity contribution is 5.93. The lowest BCUT2D eigenvalue weighted by Crippen LogP contribution is -2.05. The number of hydrogen-bond acceptors (Lipinski definition) is 4. The molecule has 0 bridgehead atoms. The van der Waals surface area contributed by atoms with Crippen LogP contribution in [0, 0.1) is 6.92 Å². The van der Waals surface area contributed by atoms with Crippen LogP contribution in [0.5, 0.6) is 0 Å². The summed E-state index contributed by atoms with van der Waals surface area (Å²) < 4.78 is 0. The van der Waals surface area contributed by atoms with Crippen molar-refractivity contribution < 1.29 is 0 Å². The number of rotatable bonds is 4. The van der Waals surface area contributed by atoms with Crippen LogP contribution in [-0.2, 0) is 0 Å². The number of benzene rings is 1. The number of aromatic amines is 1. The predicted molar refractivity (Wildman–Crippen MR) is 82.5 cm³/mol. The fourth-order valence-corrected chi connectivity index (χ4v) is 2.13. The van der Waals surface area contributed by atoms with E-state index in [0.717, 1.165) is 34.5 Å². The molecule has 2 heterocycles. The Morgan fingerprint density at radius 1 is 1.25 bits per heavy atom. The van der Waals surface area contributed by atoms with E-state index in [1.807, 2.05) is 38.4 Å². The number of H-pyrrole nitrogens is 1. The van der Waals surface area contributed by atoms with Crippen molar-refractivity contribution in [1.82, 2.24) is 15.0 Å². The van der Waals surface area contributed by atoms with Gasteiger partial charge in [-0.05, 0) is 32.0 Å². The summed E-state index contributed by atoms with van der Waals surface area (Å²) in [6, 6.07) is 8.17. The summed E-state index contributed by atoms with van der Waals surface area (Å²) in [5.74, 6) is 1.46. The quantitative estimate of drug-likeness (QED) is 0.677. The second-order valence-corrected chi connectivity index (χ2v) is 4.63. The van der Waals surface area contributed by atoms with Crippen LogP contribution in [0.1, 0.15) is 12.5 Å². The van der Waals surface area contributed by atoms with Gasteiger partial charge in [0.1, 0.15) is 5.82 Å². The molecule has 0 saturated heterocycles. The highest BCUT2D eigenvalue weighted by Crippen LogP contribution is 2.26. The Morgan fingerprint density at radius 2 is 2.15 bits per heavy atom. The van der Waals surface area contributed by atoms with Gasteiger partial charge in [-0.25, -0.2) is 4.98 Å². The minimum Gasteiger partial charge on any atom is -0.361 e. The highest BCUT2D eigenvalue weighted by atomic mass is 15.1. The van der Waals surface area contributed by atoms with Gasteiger partial charge in [-0.15, -0.1) is 0 Å². The van der Waals surface area contributed by atoms with Crippen molar-refractivity contribution in [3.63, 3.8) is 0 Å². The zero-order valence-electron chi connectivity index (χ0n) is 11.6. The molecule has 5 nitrogen and oxygen atoms in total. The van der Waals surface area contributed by atoms with Crippen molar-refractivity contribution in [2.45, 2.75) is 13.8 Å². The SMILES string of the molecule is CCNc1ncc(C)c(Nc2cccc3[nH]ccc23)n1. The molecule has 0 unspecified atom stereocenters. The van der Waals surface area contributed by atoms with Gasteiger partial charge in [0.15, 0.2) is 0 Å². The van der Waals surface area contributed by atoms with Gasteiger partial charge in [-0.2, -0.15) is 4.98 Å². The van der Waals surface area contributed by atoms with E-state index in [9.17, 15) is 0 Å². The van der Waals surface area contributed by atoms with E-state index in [2.05, 4.69) is 37.7 Å². The molecular weight excluding hydrogens is 250 g/mol. The van der Waals surface area contributed by atoms with Crippen LogP contribution in [0.15, 0.2) is 36.7 Å². The minimum absolute atomic E-state index is 0.641. The molecule has 102 valence electrons. The number of fused-ring (bicyclic) bond motifs is 1. The molecule has 0 aliphatic heterocycles. The molecule has 5 heteroatoms. The topological polar surface area (TPSA) is 65.6 Å². The smallest absolute Gasteiger partial charge is 0.224 e. The van der Waals surface area contributed by atoms with Gasteiger partial charge < -0.3 is 15.6 Å². The lowest BCUT2D eigenvalue weighted by molar-refractivity contribution is 1.07. The Kier molecular flexibility index (Phi) is 3.25. The third-order valence-electron chi connectivity index (χ3n) is 3.15. The Bertz CT molecular complexity index is 732. The van der Waals surface area contributed by atoms with Gasteiger partial charge in [0.2, 0.25) is 5.95 Å². The predicted octanol–water partition coefficient (Wildman–Crippen LogP) is 3.44. The van der Waals surface area contributed by atoms with Gasteiger partial charge in [-0.3, -0.25) is 0 Å². The molecule has 0 amide bonds. The second kappa shape index (κ2) is 5.21. The van der Waals surface area contributed by atoms with Crippen LogP contribution in [0.25, 0.3) is 10.9 Å². The number of hydrogen-bond donors (Lipinski definition) is 3.